The van der Waals surface area contributed by atoms with Gasteiger partial charge in [0.25, 0.3) is 5.91 Å². The summed E-state index contributed by atoms with van der Waals surface area (Å²) in [5.41, 5.74) is 0.461. The number of fused-ring (bicyclic) bond motifs is 2. The van der Waals surface area contributed by atoms with Crippen LogP contribution in [0.4, 0.5) is 5.69 Å². The van der Waals surface area contributed by atoms with E-state index in [0.29, 0.717) is 12.4 Å². The summed E-state index contributed by atoms with van der Waals surface area (Å²) in [6.45, 7) is 0.656. The Morgan fingerprint density at radius 1 is 1.27 bits per heavy atom. The number of carbonyl (C=O) groups excluding carboxylic acids is 1. The van der Waals surface area contributed by atoms with Gasteiger partial charge in [0.05, 0.1) is 25.0 Å². The van der Waals surface area contributed by atoms with Crippen LogP contribution in [0.15, 0.2) is 30.4 Å². The third kappa shape index (κ3) is 1.63. The number of ether oxygens (including phenoxy) is 3. The highest BCUT2D eigenvalue weighted by molar-refractivity contribution is 6.09. The molecule has 1 fully saturated rings. The molecular weight excluding hydrogens is 282 g/mol. The van der Waals surface area contributed by atoms with E-state index in [0.717, 1.165) is 30.5 Å². The molecule has 3 aliphatic rings. The molecule has 4 rings (SSSR count). The summed E-state index contributed by atoms with van der Waals surface area (Å²) in [6, 6.07) is 5.65. The van der Waals surface area contributed by atoms with Crippen LogP contribution in [0.2, 0.25) is 0 Å². The Bertz CT molecular complexity index is 663. The predicted molar refractivity (Wildman–Crippen MR) is 80.8 cm³/mol. The summed E-state index contributed by atoms with van der Waals surface area (Å²) in [6.07, 6.45) is 6.57. The molecule has 0 N–H and O–H groups in total. The zero-order chi connectivity index (χ0) is 15.4. The van der Waals surface area contributed by atoms with Gasteiger partial charge in [-0.3, -0.25) is 4.79 Å². The van der Waals surface area contributed by atoms with Crippen LogP contribution in [0, 0.1) is 0 Å². The average Bonchev–Trinajstić information content (AvgIpc) is 3.01. The van der Waals surface area contributed by atoms with Gasteiger partial charge in [-0.05, 0) is 37.1 Å². The van der Waals surface area contributed by atoms with Crippen LogP contribution in [0.3, 0.4) is 0 Å². The molecule has 2 atom stereocenters. The number of nitrogens with zero attached hydrogens (tertiary/aromatic N) is 1. The van der Waals surface area contributed by atoms with E-state index in [1.54, 1.807) is 19.1 Å². The second-order valence-electron chi connectivity index (χ2n) is 6.01. The van der Waals surface area contributed by atoms with E-state index < -0.39 is 11.4 Å². The summed E-state index contributed by atoms with van der Waals surface area (Å²) in [5, 5.41) is 0. The number of likely N-dealkylation sites (N-methyl/N-ethyl adjacent to an activating group) is 1. The van der Waals surface area contributed by atoms with E-state index in [-0.39, 0.29) is 5.91 Å². The maximum atomic E-state index is 12.9. The van der Waals surface area contributed by atoms with E-state index in [2.05, 4.69) is 0 Å². The van der Waals surface area contributed by atoms with Crippen molar-refractivity contribution in [1.82, 2.24) is 0 Å². The molecule has 3 heterocycles. The summed E-state index contributed by atoms with van der Waals surface area (Å²) in [7, 11) is 3.37. The van der Waals surface area contributed by atoms with Crippen LogP contribution in [0.5, 0.6) is 5.75 Å². The van der Waals surface area contributed by atoms with Crippen molar-refractivity contribution >= 4 is 11.6 Å². The fourth-order valence-electron chi connectivity index (χ4n) is 3.64. The van der Waals surface area contributed by atoms with Gasteiger partial charge in [0.15, 0.2) is 11.4 Å². The Hall–Kier alpha value is -1.85. The Morgan fingerprint density at radius 3 is 2.86 bits per heavy atom. The molecule has 5 nitrogen and oxygen atoms in total. The number of benzene rings is 1. The normalized spacial score (nSPS) is 33.0. The van der Waals surface area contributed by atoms with E-state index in [9.17, 15) is 4.79 Å². The fourth-order valence-corrected chi connectivity index (χ4v) is 3.64. The Labute approximate surface area is 129 Å². The minimum Gasteiger partial charge on any atom is -0.496 e. The molecule has 1 aromatic carbocycles. The number of hydrogen-bond acceptors (Lipinski definition) is 4. The van der Waals surface area contributed by atoms with Gasteiger partial charge in [0.1, 0.15) is 5.75 Å². The molecule has 0 saturated carbocycles. The van der Waals surface area contributed by atoms with E-state index in [4.69, 9.17) is 14.2 Å². The van der Waals surface area contributed by atoms with Gasteiger partial charge in [0.2, 0.25) is 0 Å². The topological polar surface area (TPSA) is 48.0 Å². The van der Waals surface area contributed by atoms with Crippen molar-refractivity contribution in [3.8, 4) is 5.75 Å². The number of anilines is 1. The number of amides is 1. The third-order valence-corrected chi connectivity index (χ3v) is 4.75. The van der Waals surface area contributed by atoms with Crippen LogP contribution < -0.4 is 9.64 Å². The van der Waals surface area contributed by atoms with Crippen molar-refractivity contribution in [3.63, 3.8) is 0 Å². The van der Waals surface area contributed by atoms with Crippen LogP contribution >= 0.6 is 0 Å². The molecule has 0 bridgehead atoms. The van der Waals surface area contributed by atoms with Gasteiger partial charge in [0, 0.05) is 13.5 Å². The largest absolute Gasteiger partial charge is 0.496 e. The van der Waals surface area contributed by atoms with Crippen LogP contribution in [0.25, 0.3) is 0 Å². The van der Waals surface area contributed by atoms with Crippen LogP contribution in [0.1, 0.15) is 24.8 Å². The molecule has 1 saturated heterocycles. The molecule has 0 aliphatic carbocycles. The highest BCUT2D eigenvalue weighted by Gasteiger charge is 2.58. The Balaban J connectivity index is 1.84. The maximum Gasteiger partial charge on any atom is 0.268 e. The highest BCUT2D eigenvalue weighted by Crippen LogP contribution is 2.53. The second kappa shape index (κ2) is 4.57. The SMILES string of the molecule is COc1cccc2c1C1(C=CC3(CCCCO3)O1)C(=O)N2C. The zero-order valence-electron chi connectivity index (χ0n) is 12.8. The first-order chi connectivity index (χ1) is 10.6. The van der Waals surface area contributed by atoms with Gasteiger partial charge in [-0.2, -0.15) is 0 Å². The molecule has 1 amide bonds. The lowest BCUT2D eigenvalue weighted by atomic mass is 9.95. The van der Waals surface area contributed by atoms with Gasteiger partial charge in [-0.1, -0.05) is 6.07 Å². The van der Waals surface area contributed by atoms with Gasteiger partial charge < -0.3 is 19.1 Å². The lowest BCUT2D eigenvalue weighted by Crippen LogP contribution is -2.44. The molecule has 2 unspecified atom stereocenters. The molecule has 0 aromatic heterocycles. The monoisotopic (exact) mass is 301 g/mol. The van der Waals surface area contributed by atoms with Crippen LogP contribution in [-0.4, -0.2) is 32.5 Å². The molecule has 0 radical (unpaired) electrons. The lowest BCUT2D eigenvalue weighted by Gasteiger charge is -2.35. The van der Waals surface area contributed by atoms with E-state index >= 15 is 0 Å². The first-order valence-corrected chi connectivity index (χ1v) is 7.62. The van der Waals surface area contributed by atoms with Crippen molar-refractivity contribution < 1.29 is 19.0 Å². The van der Waals surface area contributed by atoms with Crippen molar-refractivity contribution in [3.05, 3.63) is 35.9 Å². The number of hydrogen-bond donors (Lipinski definition) is 0. The average molecular weight is 301 g/mol. The summed E-state index contributed by atoms with van der Waals surface area (Å²) in [5.74, 6) is -0.223. The smallest absolute Gasteiger partial charge is 0.268 e. The van der Waals surface area contributed by atoms with Crippen molar-refractivity contribution in [2.24, 2.45) is 0 Å². The minimum atomic E-state index is -1.13. The summed E-state index contributed by atoms with van der Waals surface area (Å²) in [4.78, 5) is 14.5. The third-order valence-electron chi connectivity index (χ3n) is 4.75. The maximum absolute atomic E-state index is 12.9. The number of rotatable bonds is 1. The number of methoxy groups -OCH3 is 1. The Morgan fingerprint density at radius 2 is 2.14 bits per heavy atom. The number of carbonyl (C=O) groups is 1. The highest BCUT2D eigenvalue weighted by atomic mass is 16.7. The van der Waals surface area contributed by atoms with E-state index in [1.165, 1.54) is 0 Å². The first kappa shape index (κ1) is 13.8. The molecule has 1 aromatic rings. The molecule has 116 valence electrons. The second-order valence-corrected chi connectivity index (χ2v) is 6.01. The molecule has 3 aliphatic heterocycles. The standard InChI is InChI=1S/C17H19NO4/c1-18-12-6-5-7-13(20-2)14(12)17(15(18)19)10-9-16(22-17)8-3-4-11-21-16/h5-7,9-10H,3-4,8,11H2,1-2H3. The summed E-state index contributed by atoms with van der Waals surface area (Å²) >= 11 is 0. The molecule has 2 spiro atoms. The van der Waals surface area contributed by atoms with Crippen molar-refractivity contribution in [2.75, 3.05) is 25.7 Å². The molecular formula is C17H19NO4. The predicted octanol–water partition coefficient (Wildman–Crippen LogP) is 2.35. The van der Waals surface area contributed by atoms with Gasteiger partial charge >= 0.3 is 0 Å². The van der Waals surface area contributed by atoms with Gasteiger partial charge in [-0.25, -0.2) is 0 Å². The van der Waals surface area contributed by atoms with Gasteiger partial charge in [-0.15, -0.1) is 0 Å². The summed E-state index contributed by atoms with van der Waals surface area (Å²) < 4.78 is 17.6. The van der Waals surface area contributed by atoms with Crippen LogP contribution in [-0.2, 0) is 19.9 Å². The van der Waals surface area contributed by atoms with Crippen molar-refractivity contribution in [2.45, 2.75) is 30.7 Å². The quantitative estimate of drug-likeness (QED) is 0.747. The lowest BCUT2D eigenvalue weighted by molar-refractivity contribution is -0.249. The first-order valence-electron chi connectivity index (χ1n) is 7.62. The zero-order valence-corrected chi connectivity index (χ0v) is 12.8. The fraction of sp³-hybridized carbons (Fsp3) is 0.471. The Kier molecular flexibility index (Phi) is 2.86. The molecule has 5 heteroatoms. The van der Waals surface area contributed by atoms with E-state index in [1.807, 2.05) is 30.4 Å². The minimum absolute atomic E-state index is 0.103. The van der Waals surface area contributed by atoms with Crippen molar-refractivity contribution in [1.29, 1.82) is 0 Å². The molecule has 22 heavy (non-hydrogen) atoms.